The molecule has 0 aliphatic rings. The van der Waals surface area contributed by atoms with Crippen LogP contribution in [-0.2, 0) is 17.8 Å². The van der Waals surface area contributed by atoms with Gasteiger partial charge in [-0.1, -0.05) is 13.3 Å². The Labute approximate surface area is 96.8 Å². The molecule has 84 valence electrons. The van der Waals surface area contributed by atoms with Crippen LogP contribution in [0, 0.1) is 3.95 Å². The maximum absolute atomic E-state index is 10.5. The van der Waals surface area contributed by atoms with E-state index in [0.717, 1.165) is 24.1 Å². The first kappa shape index (κ1) is 12.2. The Balaban J connectivity index is 2.93. The molecule has 4 nitrogen and oxygen atoms in total. The molecule has 0 amide bonds. The van der Waals surface area contributed by atoms with E-state index in [-0.39, 0.29) is 12.4 Å². The molecule has 6 heteroatoms. The zero-order chi connectivity index (χ0) is 11.4. The predicted octanol–water partition coefficient (Wildman–Crippen LogP) is 2.41. The third-order valence-corrected chi connectivity index (χ3v) is 3.49. The zero-order valence-corrected chi connectivity index (χ0v) is 10.0. The molecule has 2 N–H and O–H groups in total. The van der Waals surface area contributed by atoms with Crippen molar-refractivity contribution in [1.82, 2.24) is 4.57 Å². The van der Waals surface area contributed by atoms with Gasteiger partial charge in [0.2, 0.25) is 5.88 Å². The van der Waals surface area contributed by atoms with Gasteiger partial charge < -0.3 is 10.2 Å². The van der Waals surface area contributed by atoms with Crippen molar-refractivity contribution in [1.29, 1.82) is 0 Å². The van der Waals surface area contributed by atoms with Crippen molar-refractivity contribution in [2.45, 2.75) is 32.7 Å². The minimum atomic E-state index is -0.999. The van der Waals surface area contributed by atoms with E-state index in [0.29, 0.717) is 3.95 Å². The van der Waals surface area contributed by atoms with Gasteiger partial charge in [0.05, 0.1) is 4.88 Å². The van der Waals surface area contributed by atoms with Crippen molar-refractivity contribution in [3.63, 3.8) is 0 Å². The molecule has 1 aromatic rings. The first-order chi connectivity index (χ1) is 7.06. The molecule has 1 rings (SSSR count). The molecule has 0 spiro atoms. The summed E-state index contributed by atoms with van der Waals surface area (Å²) in [5.74, 6) is -0.984. The number of carbonyl (C=O) groups is 1. The number of aromatic nitrogens is 1. The van der Waals surface area contributed by atoms with Gasteiger partial charge in [-0.3, -0.25) is 9.36 Å². The SMILES string of the molecule is CCCCc1sc(=S)n(CC(=O)O)c1O. The van der Waals surface area contributed by atoms with E-state index in [1.165, 1.54) is 15.9 Å². The Bertz CT molecular complexity index is 408. The maximum Gasteiger partial charge on any atom is 0.323 e. The van der Waals surface area contributed by atoms with E-state index >= 15 is 0 Å². The summed E-state index contributed by atoms with van der Waals surface area (Å²) in [4.78, 5) is 11.3. The van der Waals surface area contributed by atoms with E-state index in [1.807, 2.05) is 0 Å². The number of thiazole rings is 1. The molecule has 0 aliphatic carbocycles. The second-order valence-electron chi connectivity index (χ2n) is 3.20. The van der Waals surface area contributed by atoms with Crippen molar-refractivity contribution in [2.24, 2.45) is 0 Å². The van der Waals surface area contributed by atoms with E-state index in [4.69, 9.17) is 17.3 Å². The Morgan fingerprint density at radius 3 is 2.80 bits per heavy atom. The van der Waals surface area contributed by atoms with Gasteiger partial charge in [0.25, 0.3) is 0 Å². The largest absolute Gasteiger partial charge is 0.494 e. The first-order valence-corrected chi connectivity index (χ1v) is 5.92. The molecule has 1 aromatic heterocycles. The predicted molar refractivity (Wildman–Crippen MR) is 61.1 cm³/mol. The number of unbranched alkanes of at least 4 members (excludes halogenated alkanes) is 1. The number of rotatable bonds is 5. The van der Waals surface area contributed by atoms with Gasteiger partial charge in [-0.2, -0.15) is 0 Å². The second kappa shape index (κ2) is 5.27. The lowest BCUT2D eigenvalue weighted by atomic mass is 10.2. The fourth-order valence-electron chi connectivity index (χ4n) is 1.22. The number of aliphatic carboxylic acids is 1. The molecule has 0 radical (unpaired) electrons. The van der Waals surface area contributed by atoms with Crippen LogP contribution in [0.4, 0.5) is 0 Å². The highest BCUT2D eigenvalue weighted by molar-refractivity contribution is 7.73. The van der Waals surface area contributed by atoms with Crippen molar-refractivity contribution in [3.8, 4) is 5.88 Å². The number of nitrogens with zero attached hydrogens (tertiary/aromatic N) is 1. The summed E-state index contributed by atoms with van der Waals surface area (Å²) in [5, 5.41) is 18.4. The van der Waals surface area contributed by atoms with Crippen molar-refractivity contribution in [3.05, 3.63) is 8.83 Å². The van der Waals surface area contributed by atoms with Gasteiger partial charge in [0.15, 0.2) is 3.95 Å². The lowest BCUT2D eigenvalue weighted by Gasteiger charge is -2.01. The maximum atomic E-state index is 10.5. The highest BCUT2D eigenvalue weighted by Crippen LogP contribution is 2.27. The highest BCUT2D eigenvalue weighted by Gasteiger charge is 2.13. The number of aromatic hydroxyl groups is 1. The van der Waals surface area contributed by atoms with Crippen LogP contribution in [-0.4, -0.2) is 20.7 Å². The lowest BCUT2D eigenvalue weighted by Crippen LogP contribution is -2.08. The fraction of sp³-hybridized carbons (Fsp3) is 0.556. The quantitative estimate of drug-likeness (QED) is 0.784. The number of carboxylic acids is 1. The normalized spacial score (nSPS) is 10.5. The van der Waals surface area contributed by atoms with Crippen molar-refractivity contribution < 1.29 is 15.0 Å². The summed E-state index contributed by atoms with van der Waals surface area (Å²) in [7, 11) is 0. The van der Waals surface area contributed by atoms with Gasteiger partial charge in [-0.05, 0) is 25.1 Å². The summed E-state index contributed by atoms with van der Waals surface area (Å²) >= 11 is 6.27. The van der Waals surface area contributed by atoms with E-state index in [2.05, 4.69) is 6.92 Å². The van der Waals surface area contributed by atoms with Crippen molar-refractivity contribution in [2.75, 3.05) is 0 Å². The third-order valence-electron chi connectivity index (χ3n) is 1.99. The molecule has 0 aromatic carbocycles. The Morgan fingerprint density at radius 1 is 1.60 bits per heavy atom. The van der Waals surface area contributed by atoms with Gasteiger partial charge >= 0.3 is 5.97 Å². The highest BCUT2D eigenvalue weighted by atomic mass is 32.1. The molecule has 0 saturated carbocycles. The van der Waals surface area contributed by atoms with Gasteiger partial charge in [0.1, 0.15) is 6.54 Å². The Morgan fingerprint density at radius 2 is 2.27 bits per heavy atom. The number of hydrogen-bond acceptors (Lipinski definition) is 4. The van der Waals surface area contributed by atoms with Crippen LogP contribution in [0.3, 0.4) is 0 Å². The summed E-state index contributed by atoms with van der Waals surface area (Å²) in [5.41, 5.74) is 0. The molecule has 0 fully saturated rings. The monoisotopic (exact) mass is 247 g/mol. The molecule has 0 atom stereocenters. The van der Waals surface area contributed by atoms with Crippen LogP contribution in [0.2, 0.25) is 0 Å². The third kappa shape index (κ3) is 3.04. The smallest absolute Gasteiger partial charge is 0.323 e. The van der Waals surface area contributed by atoms with E-state index < -0.39 is 5.97 Å². The molecule has 0 aliphatic heterocycles. The first-order valence-electron chi connectivity index (χ1n) is 4.69. The number of carboxylic acid groups (broad SMARTS) is 1. The van der Waals surface area contributed by atoms with Gasteiger partial charge in [0, 0.05) is 0 Å². The lowest BCUT2D eigenvalue weighted by molar-refractivity contribution is -0.137. The Hall–Kier alpha value is -0.880. The van der Waals surface area contributed by atoms with Crippen LogP contribution in [0.5, 0.6) is 5.88 Å². The molecule has 15 heavy (non-hydrogen) atoms. The molecular formula is C9H13NO3S2. The molecule has 0 saturated heterocycles. The summed E-state index contributed by atoms with van der Waals surface area (Å²) < 4.78 is 1.67. The topological polar surface area (TPSA) is 62.5 Å². The van der Waals surface area contributed by atoms with Crippen LogP contribution >= 0.6 is 23.6 Å². The van der Waals surface area contributed by atoms with E-state index in [9.17, 15) is 9.90 Å². The summed E-state index contributed by atoms with van der Waals surface area (Å²) in [6.45, 7) is 1.79. The fourth-order valence-corrected chi connectivity index (χ4v) is 2.59. The molecule has 0 unspecified atom stereocenters. The minimum absolute atomic E-state index is 0.0147. The summed E-state index contributed by atoms with van der Waals surface area (Å²) in [6.07, 6.45) is 2.75. The van der Waals surface area contributed by atoms with E-state index in [1.54, 1.807) is 0 Å². The van der Waals surface area contributed by atoms with Crippen LogP contribution in [0.25, 0.3) is 0 Å². The average Bonchev–Trinajstić information content (AvgIpc) is 2.42. The minimum Gasteiger partial charge on any atom is -0.494 e. The molecule has 0 bridgehead atoms. The Kier molecular flexibility index (Phi) is 4.28. The zero-order valence-electron chi connectivity index (χ0n) is 8.39. The van der Waals surface area contributed by atoms with Crippen LogP contribution in [0.1, 0.15) is 24.6 Å². The van der Waals surface area contributed by atoms with Crippen molar-refractivity contribution >= 4 is 29.5 Å². The van der Waals surface area contributed by atoms with Crippen LogP contribution in [0.15, 0.2) is 0 Å². The van der Waals surface area contributed by atoms with Gasteiger partial charge in [-0.25, -0.2) is 0 Å². The van der Waals surface area contributed by atoms with Crippen LogP contribution < -0.4 is 0 Å². The number of aryl methyl sites for hydroxylation is 1. The summed E-state index contributed by atoms with van der Waals surface area (Å²) in [6, 6.07) is 0. The standard InChI is InChI=1S/C9H13NO3S2/c1-2-3-4-6-8(13)10(5-7(11)12)9(14)15-6/h13H,2-5H2,1H3,(H,11,12). The number of hydrogen-bond donors (Lipinski definition) is 2. The average molecular weight is 247 g/mol. The molecular weight excluding hydrogens is 234 g/mol. The molecule has 1 heterocycles. The van der Waals surface area contributed by atoms with Gasteiger partial charge in [-0.15, -0.1) is 11.3 Å². The second-order valence-corrected chi connectivity index (χ2v) is 4.93.